The summed E-state index contributed by atoms with van der Waals surface area (Å²) in [7, 11) is -1.51. The monoisotopic (exact) mass is 469 g/mol. The van der Waals surface area contributed by atoms with Crippen LogP contribution in [0.4, 0.5) is 0 Å². The van der Waals surface area contributed by atoms with Crippen LogP contribution in [0.25, 0.3) is 16.9 Å². The lowest BCUT2D eigenvalue weighted by Crippen LogP contribution is -2.37. The van der Waals surface area contributed by atoms with Crippen LogP contribution in [0.3, 0.4) is 0 Å². The SMILES string of the molecule is COc1ccccc1-n1nc(C2CCN(S(C)(=O)=O)CC2)cc1-c1ccc(OC(C)C)cc1. The Hall–Kier alpha value is -2.84. The van der Waals surface area contributed by atoms with Gasteiger partial charge in [-0.2, -0.15) is 5.10 Å². The van der Waals surface area contributed by atoms with Crippen molar-refractivity contribution in [3.63, 3.8) is 0 Å². The van der Waals surface area contributed by atoms with Crippen LogP contribution >= 0.6 is 0 Å². The Balaban J connectivity index is 1.71. The maximum absolute atomic E-state index is 11.9. The van der Waals surface area contributed by atoms with Crippen LogP contribution in [0.15, 0.2) is 54.6 Å². The van der Waals surface area contributed by atoms with Gasteiger partial charge in [0, 0.05) is 24.6 Å². The molecule has 1 saturated heterocycles. The van der Waals surface area contributed by atoms with Crippen molar-refractivity contribution < 1.29 is 17.9 Å². The van der Waals surface area contributed by atoms with Gasteiger partial charge in [0.15, 0.2) is 0 Å². The molecule has 1 aliphatic rings. The van der Waals surface area contributed by atoms with Crippen LogP contribution in [0.5, 0.6) is 11.5 Å². The number of aromatic nitrogens is 2. The van der Waals surface area contributed by atoms with E-state index in [2.05, 4.69) is 6.07 Å². The molecule has 2 heterocycles. The fourth-order valence-corrected chi connectivity index (χ4v) is 5.13. The molecule has 2 aromatic carbocycles. The van der Waals surface area contributed by atoms with Crippen molar-refractivity contribution in [2.75, 3.05) is 26.5 Å². The molecule has 0 radical (unpaired) electrons. The first kappa shape index (κ1) is 23.3. The van der Waals surface area contributed by atoms with Crippen molar-refractivity contribution in [1.29, 1.82) is 0 Å². The Morgan fingerprint density at radius 2 is 1.70 bits per heavy atom. The molecule has 0 aliphatic carbocycles. The number of para-hydroxylation sites is 2. The standard InChI is InChI=1S/C25H31N3O4S/c1-18(2)32-21-11-9-20(10-12-21)24-17-22(19-13-15-27(16-14-19)33(4,29)30)26-28(24)23-7-5-6-8-25(23)31-3/h5-12,17-19H,13-16H2,1-4H3. The van der Waals surface area contributed by atoms with Crippen molar-refractivity contribution in [3.05, 3.63) is 60.3 Å². The minimum atomic E-state index is -3.16. The van der Waals surface area contributed by atoms with Crippen LogP contribution in [-0.2, 0) is 10.0 Å². The van der Waals surface area contributed by atoms with Gasteiger partial charge in [0.2, 0.25) is 10.0 Å². The molecular formula is C25H31N3O4S. The summed E-state index contributed by atoms with van der Waals surface area (Å²) in [5, 5.41) is 4.98. The number of nitrogens with zero attached hydrogens (tertiary/aromatic N) is 3. The largest absolute Gasteiger partial charge is 0.494 e. The van der Waals surface area contributed by atoms with E-state index in [0.29, 0.717) is 13.1 Å². The van der Waals surface area contributed by atoms with Gasteiger partial charge in [0.25, 0.3) is 0 Å². The van der Waals surface area contributed by atoms with Crippen LogP contribution < -0.4 is 9.47 Å². The number of hydrogen-bond acceptors (Lipinski definition) is 5. The van der Waals surface area contributed by atoms with E-state index in [1.165, 1.54) is 6.26 Å². The van der Waals surface area contributed by atoms with Crippen LogP contribution in [0, 0.1) is 0 Å². The molecule has 1 aromatic heterocycles. The summed E-state index contributed by atoms with van der Waals surface area (Å²) in [6.45, 7) is 5.04. The quantitative estimate of drug-likeness (QED) is 0.510. The average Bonchev–Trinajstić information content (AvgIpc) is 3.24. The molecule has 3 aromatic rings. The predicted molar refractivity (Wildman–Crippen MR) is 130 cm³/mol. The lowest BCUT2D eigenvalue weighted by Gasteiger charge is -2.29. The number of hydrogen-bond donors (Lipinski definition) is 0. The van der Waals surface area contributed by atoms with Crippen molar-refractivity contribution in [3.8, 4) is 28.4 Å². The Kier molecular flexibility index (Phi) is 6.76. The number of benzene rings is 2. The Labute approximate surface area is 196 Å². The van der Waals surface area contributed by atoms with E-state index in [9.17, 15) is 8.42 Å². The molecule has 0 N–H and O–H groups in total. The molecule has 0 amide bonds. The van der Waals surface area contributed by atoms with E-state index >= 15 is 0 Å². The molecule has 0 spiro atoms. The molecule has 0 saturated carbocycles. The summed E-state index contributed by atoms with van der Waals surface area (Å²) in [5.74, 6) is 1.76. The van der Waals surface area contributed by atoms with Crippen LogP contribution in [0.1, 0.15) is 38.3 Å². The summed E-state index contributed by atoms with van der Waals surface area (Å²) < 4.78 is 38.7. The number of methoxy groups -OCH3 is 1. The minimum Gasteiger partial charge on any atom is -0.494 e. The maximum Gasteiger partial charge on any atom is 0.211 e. The molecule has 0 unspecified atom stereocenters. The zero-order valence-corrected chi connectivity index (χ0v) is 20.4. The number of sulfonamides is 1. The highest BCUT2D eigenvalue weighted by molar-refractivity contribution is 7.88. The molecule has 0 bridgehead atoms. The van der Waals surface area contributed by atoms with E-state index in [1.54, 1.807) is 11.4 Å². The van der Waals surface area contributed by atoms with Gasteiger partial charge in [0.1, 0.15) is 17.2 Å². The van der Waals surface area contributed by atoms with E-state index in [-0.39, 0.29) is 12.0 Å². The third-order valence-corrected chi connectivity index (χ3v) is 7.21. The molecule has 4 rings (SSSR count). The van der Waals surface area contributed by atoms with Crippen LogP contribution in [-0.4, -0.2) is 55.1 Å². The fraction of sp³-hybridized carbons (Fsp3) is 0.400. The molecule has 176 valence electrons. The zero-order chi connectivity index (χ0) is 23.6. The molecule has 1 aliphatic heterocycles. The highest BCUT2D eigenvalue weighted by Crippen LogP contribution is 2.35. The van der Waals surface area contributed by atoms with E-state index in [1.807, 2.05) is 67.1 Å². The van der Waals surface area contributed by atoms with Gasteiger partial charge < -0.3 is 9.47 Å². The number of piperidine rings is 1. The molecule has 33 heavy (non-hydrogen) atoms. The van der Waals surface area contributed by atoms with Gasteiger partial charge in [0.05, 0.1) is 30.9 Å². The molecular weight excluding hydrogens is 438 g/mol. The van der Waals surface area contributed by atoms with E-state index in [4.69, 9.17) is 14.6 Å². The third-order valence-electron chi connectivity index (χ3n) is 5.90. The second kappa shape index (κ2) is 9.57. The first-order valence-corrected chi connectivity index (χ1v) is 13.1. The highest BCUT2D eigenvalue weighted by Gasteiger charge is 2.28. The van der Waals surface area contributed by atoms with Crippen LogP contribution in [0.2, 0.25) is 0 Å². The normalized spacial score (nSPS) is 15.7. The molecule has 1 fully saturated rings. The summed E-state index contributed by atoms with van der Waals surface area (Å²) in [6.07, 6.45) is 2.88. The lowest BCUT2D eigenvalue weighted by atomic mass is 9.94. The average molecular weight is 470 g/mol. The summed E-state index contributed by atoms with van der Waals surface area (Å²) in [5.41, 5.74) is 3.80. The first-order chi connectivity index (χ1) is 15.8. The van der Waals surface area contributed by atoms with E-state index < -0.39 is 10.0 Å². The van der Waals surface area contributed by atoms with Gasteiger partial charge in [-0.3, -0.25) is 0 Å². The zero-order valence-electron chi connectivity index (χ0n) is 19.6. The summed E-state index contributed by atoms with van der Waals surface area (Å²) in [4.78, 5) is 0. The molecule has 8 heteroatoms. The Bertz CT molecular complexity index is 1190. The summed E-state index contributed by atoms with van der Waals surface area (Å²) >= 11 is 0. The third kappa shape index (κ3) is 5.23. The van der Waals surface area contributed by atoms with Gasteiger partial charge >= 0.3 is 0 Å². The second-order valence-corrected chi connectivity index (χ2v) is 10.6. The topological polar surface area (TPSA) is 73.7 Å². The Morgan fingerprint density at radius 3 is 2.30 bits per heavy atom. The molecule has 0 atom stereocenters. The van der Waals surface area contributed by atoms with Crippen molar-refractivity contribution in [2.45, 2.75) is 38.7 Å². The predicted octanol–water partition coefficient (Wildman–Crippen LogP) is 4.47. The van der Waals surface area contributed by atoms with Gasteiger partial charge in [-0.15, -0.1) is 0 Å². The number of rotatable bonds is 7. The molecule has 7 nitrogen and oxygen atoms in total. The van der Waals surface area contributed by atoms with Gasteiger partial charge in [-0.05, 0) is 69.2 Å². The number of ether oxygens (including phenoxy) is 2. The van der Waals surface area contributed by atoms with Gasteiger partial charge in [-0.25, -0.2) is 17.4 Å². The Morgan fingerprint density at radius 1 is 1.03 bits per heavy atom. The smallest absolute Gasteiger partial charge is 0.211 e. The van der Waals surface area contributed by atoms with Crippen molar-refractivity contribution in [1.82, 2.24) is 14.1 Å². The van der Waals surface area contributed by atoms with E-state index in [0.717, 1.165) is 47.0 Å². The highest BCUT2D eigenvalue weighted by atomic mass is 32.2. The van der Waals surface area contributed by atoms with Crippen molar-refractivity contribution >= 4 is 10.0 Å². The first-order valence-electron chi connectivity index (χ1n) is 11.2. The minimum absolute atomic E-state index is 0.111. The fourth-order valence-electron chi connectivity index (χ4n) is 4.25. The summed E-state index contributed by atoms with van der Waals surface area (Å²) in [6, 6.07) is 17.9. The van der Waals surface area contributed by atoms with Crippen molar-refractivity contribution in [2.24, 2.45) is 0 Å². The second-order valence-electron chi connectivity index (χ2n) is 8.67. The van der Waals surface area contributed by atoms with Gasteiger partial charge in [-0.1, -0.05) is 12.1 Å². The lowest BCUT2D eigenvalue weighted by molar-refractivity contribution is 0.242. The maximum atomic E-state index is 11.9.